The molecule has 3 aromatic rings. The lowest BCUT2D eigenvalue weighted by molar-refractivity contribution is 0.468. The fourth-order valence-electron chi connectivity index (χ4n) is 2.83. The number of anilines is 2. The van der Waals surface area contributed by atoms with E-state index in [1.54, 1.807) is 42.5 Å². The van der Waals surface area contributed by atoms with E-state index in [9.17, 15) is 25.9 Å². The third-order valence-electron chi connectivity index (χ3n) is 3.96. The molecular weight excluding hydrogens is 378 g/mol. The van der Waals surface area contributed by atoms with E-state index in [0.717, 1.165) is 0 Å². The summed E-state index contributed by atoms with van der Waals surface area (Å²) < 4.78 is 67.5. The lowest BCUT2D eigenvalue weighted by Crippen LogP contribution is -2.17. The molecule has 3 aromatic carbocycles. The Morgan fingerprint density at radius 3 is 1.88 bits per heavy atom. The number of rotatable bonds is 4. The van der Waals surface area contributed by atoms with Gasteiger partial charge in [-0.25, -0.2) is 0 Å². The van der Waals surface area contributed by atoms with Crippen molar-refractivity contribution in [2.75, 3.05) is 11.9 Å². The van der Waals surface area contributed by atoms with E-state index >= 15 is 0 Å². The molecule has 0 spiro atoms. The van der Waals surface area contributed by atoms with Crippen molar-refractivity contribution in [3.05, 3.63) is 60.7 Å². The number of nitrogens with zero attached hydrogens (tertiary/aromatic N) is 1. The van der Waals surface area contributed by atoms with Crippen molar-refractivity contribution in [3.63, 3.8) is 0 Å². The zero-order valence-electron chi connectivity index (χ0n) is 13.6. The summed E-state index contributed by atoms with van der Waals surface area (Å²) in [6.45, 7) is 0. The highest BCUT2D eigenvalue weighted by molar-refractivity contribution is 7.89. The predicted octanol–water partition coefficient (Wildman–Crippen LogP) is 3.10. The van der Waals surface area contributed by atoms with Gasteiger partial charge in [-0.3, -0.25) is 9.11 Å². The van der Waals surface area contributed by atoms with Crippen LogP contribution < -0.4 is 4.90 Å². The summed E-state index contributed by atoms with van der Waals surface area (Å²) in [7, 11) is -8.39. The van der Waals surface area contributed by atoms with Crippen LogP contribution in [0.15, 0.2) is 70.5 Å². The van der Waals surface area contributed by atoms with Gasteiger partial charge in [-0.2, -0.15) is 16.8 Å². The molecule has 0 aromatic heterocycles. The topological polar surface area (TPSA) is 112 Å². The molecule has 0 amide bonds. The van der Waals surface area contributed by atoms with Crippen LogP contribution in [0.2, 0.25) is 0 Å². The van der Waals surface area contributed by atoms with Crippen LogP contribution in [0.4, 0.5) is 11.4 Å². The van der Waals surface area contributed by atoms with E-state index in [2.05, 4.69) is 0 Å². The Kier molecular flexibility index (Phi) is 4.49. The van der Waals surface area contributed by atoms with Crippen molar-refractivity contribution < 1.29 is 25.9 Å². The molecule has 0 aliphatic heterocycles. The van der Waals surface area contributed by atoms with Crippen LogP contribution in [-0.2, 0) is 20.2 Å². The maximum atomic E-state index is 12.1. The molecule has 0 saturated carbocycles. The molecule has 0 unspecified atom stereocenters. The summed E-state index contributed by atoms with van der Waals surface area (Å²) in [5.41, 5.74) is 0.485. The van der Waals surface area contributed by atoms with Gasteiger partial charge in [0, 0.05) is 18.1 Å². The third-order valence-corrected chi connectivity index (χ3v) is 5.96. The van der Waals surface area contributed by atoms with Crippen LogP contribution in [0.3, 0.4) is 0 Å². The Morgan fingerprint density at radius 1 is 0.769 bits per heavy atom. The van der Waals surface area contributed by atoms with Crippen LogP contribution >= 0.6 is 0 Å². The lowest BCUT2D eigenvalue weighted by atomic mass is 10.1. The smallest absolute Gasteiger partial charge is 0.298 e. The van der Waals surface area contributed by atoms with E-state index in [1.165, 1.54) is 30.1 Å². The number of benzene rings is 3. The average Bonchev–Trinajstić information content (AvgIpc) is 2.58. The van der Waals surface area contributed by atoms with Crippen molar-refractivity contribution in [2.24, 2.45) is 0 Å². The van der Waals surface area contributed by atoms with E-state index in [4.69, 9.17) is 0 Å². The molecule has 0 heterocycles. The fraction of sp³-hybridized carbons (Fsp3) is 0.0588. The minimum absolute atomic E-state index is 0.00663. The Bertz CT molecular complexity index is 1190. The molecule has 0 atom stereocenters. The quantitative estimate of drug-likeness (QED) is 0.655. The van der Waals surface area contributed by atoms with Crippen molar-refractivity contribution in [3.8, 4) is 0 Å². The van der Waals surface area contributed by atoms with Gasteiger partial charge in [0.2, 0.25) is 0 Å². The highest BCUT2D eigenvalue weighted by atomic mass is 32.2. The minimum atomic E-state index is -4.97. The van der Waals surface area contributed by atoms with E-state index in [0.29, 0.717) is 11.1 Å². The van der Waals surface area contributed by atoms with Gasteiger partial charge < -0.3 is 4.90 Å². The molecule has 0 saturated heterocycles. The second-order valence-corrected chi connectivity index (χ2v) is 8.34. The number of hydrogen-bond donors (Lipinski definition) is 2. The van der Waals surface area contributed by atoms with Crippen molar-refractivity contribution in [1.82, 2.24) is 0 Å². The summed E-state index contributed by atoms with van der Waals surface area (Å²) in [6, 6.07) is 16.1. The lowest BCUT2D eigenvalue weighted by Gasteiger charge is -2.24. The van der Waals surface area contributed by atoms with Gasteiger partial charge in [0.05, 0.1) is 5.69 Å². The molecule has 136 valence electrons. The molecule has 0 aliphatic carbocycles. The van der Waals surface area contributed by atoms with Gasteiger partial charge in [-0.05, 0) is 23.6 Å². The summed E-state index contributed by atoms with van der Waals surface area (Å²) in [4.78, 5) is -0.301. The highest BCUT2D eigenvalue weighted by Crippen LogP contribution is 2.39. The predicted molar refractivity (Wildman–Crippen MR) is 98.1 cm³/mol. The van der Waals surface area contributed by atoms with Crippen LogP contribution in [0.25, 0.3) is 10.8 Å². The Hall–Kier alpha value is -2.46. The number of para-hydroxylation sites is 1. The van der Waals surface area contributed by atoms with Gasteiger partial charge in [0.1, 0.15) is 9.79 Å². The van der Waals surface area contributed by atoms with Crippen LogP contribution in [0.5, 0.6) is 0 Å². The molecule has 2 N–H and O–H groups in total. The standard InChI is InChI=1S/C17H15NO6S2/c1-18(13-8-3-2-4-9-13)15-11-12-7-5-6-10-14(12)16(25(19,20)21)17(15)26(22,23)24/h2-11H,1H3,(H,19,20,21)(H,22,23,24). The zero-order valence-corrected chi connectivity index (χ0v) is 15.2. The summed E-state index contributed by atoms with van der Waals surface area (Å²) in [5, 5.41) is 0.387. The third kappa shape index (κ3) is 3.29. The molecule has 0 fully saturated rings. The maximum Gasteiger partial charge on any atom is 0.298 e. The monoisotopic (exact) mass is 393 g/mol. The Morgan fingerprint density at radius 2 is 1.31 bits per heavy atom. The van der Waals surface area contributed by atoms with Gasteiger partial charge in [0.25, 0.3) is 20.2 Å². The maximum absolute atomic E-state index is 12.1. The first-order valence-electron chi connectivity index (χ1n) is 7.40. The SMILES string of the molecule is CN(c1ccccc1)c1cc2ccccc2c(S(=O)(=O)O)c1S(=O)(=O)O. The Labute approximate surface area is 151 Å². The zero-order chi connectivity index (χ0) is 19.1. The largest absolute Gasteiger partial charge is 0.343 e. The highest BCUT2D eigenvalue weighted by Gasteiger charge is 2.31. The second-order valence-electron chi connectivity index (χ2n) is 5.62. The number of hydrogen-bond acceptors (Lipinski definition) is 5. The van der Waals surface area contributed by atoms with Crippen LogP contribution in [0.1, 0.15) is 0 Å². The fourth-order valence-corrected chi connectivity index (χ4v) is 5.07. The van der Waals surface area contributed by atoms with Gasteiger partial charge in [0.15, 0.2) is 0 Å². The molecule has 3 rings (SSSR count). The molecular formula is C17H15NO6S2. The van der Waals surface area contributed by atoms with Crippen molar-refractivity contribution in [2.45, 2.75) is 9.79 Å². The van der Waals surface area contributed by atoms with E-state index in [-0.39, 0.29) is 11.1 Å². The summed E-state index contributed by atoms with van der Waals surface area (Å²) >= 11 is 0. The Balaban J connectivity index is 2.51. The second kappa shape index (κ2) is 6.36. The van der Waals surface area contributed by atoms with Crippen LogP contribution in [-0.4, -0.2) is 33.0 Å². The van der Waals surface area contributed by atoms with E-state index < -0.39 is 30.0 Å². The first-order valence-corrected chi connectivity index (χ1v) is 10.3. The molecule has 26 heavy (non-hydrogen) atoms. The van der Waals surface area contributed by atoms with Gasteiger partial charge >= 0.3 is 0 Å². The van der Waals surface area contributed by atoms with Crippen molar-refractivity contribution in [1.29, 1.82) is 0 Å². The average molecular weight is 393 g/mol. The minimum Gasteiger partial charge on any atom is -0.343 e. The normalized spacial score (nSPS) is 12.3. The first-order chi connectivity index (χ1) is 12.1. The van der Waals surface area contributed by atoms with Gasteiger partial charge in [-0.1, -0.05) is 42.5 Å². The van der Waals surface area contributed by atoms with Crippen LogP contribution in [0, 0.1) is 0 Å². The molecule has 0 radical (unpaired) electrons. The molecule has 0 bridgehead atoms. The molecule has 7 nitrogen and oxygen atoms in total. The van der Waals surface area contributed by atoms with Crippen molar-refractivity contribution >= 4 is 42.4 Å². The molecule has 0 aliphatic rings. The molecule has 9 heteroatoms. The van der Waals surface area contributed by atoms with Gasteiger partial charge in [-0.15, -0.1) is 0 Å². The summed E-state index contributed by atoms with van der Waals surface area (Å²) in [5.74, 6) is 0. The first kappa shape index (κ1) is 18.3. The number of fused-ring (bicyclic) bond motifs is 1. The summed E-state index contributed by atoms with van der Waals surface area (Å²) in [6.07, 6.45) is 0. The van der Waals surface area contributed by atoms with E-state index in [1.807, 2.05) is 0 Å².